The molecule has 0 aliphatic heterocycles. The first-order valence-corrected chi connectivity index (χ1v) is 30.9. The summed E-state index contributed by atoms with van der Waals surface area (Å²) in [5.74, 6) is 0. The maximum Gasteiger partial charge on any atom is 0.137 e. The summed E-state index contributed by atoms with van der Waals surface area (Å²) in [5.41, 5.74) is 32.4. The van der Waals surface area contributed by atoms with Crippen molar-refractivity contribution < 1.29 is 4.42 Å². The van der Waals surface area contributed by atoms with Gasteiger partial charge in [0.1, 0.15) is 11.2 Å². The van der Waals surface area contributed by atoms with Crippen molar-refractivity contribution in [2.24, 2.45) is 0 Å². The molecular formula is C85H60N2O. The van der Waals surface area contributed by atoms with Gasteiger partial charge in [-0.3, -0.25) is 0 Å². The summed E-state index contributed by atoms with van der Waals surface area (Å²) in [6.07, 6.45) is 0. The molecule has 0 saturated heterocycles. The maximum absolute atomic E-state index is 6.81. The number of nitrogens with zero attached hydrogens (tertiary/aromatic N) is 2. The highest BCUT2D eigenvalue weighted by Crippen LogP contribution is 2.65. The topological polar surface area (TPSA) is 19.6 Å². The van der Waals surface area contributed by atoms with Crippen LogP contribution in [0.1, 0.15) is 72.2 Å². The molecule has 0 atom stereocenters. The molecule has 0 amide bonds. The summed E-state index contributed by atoms with van der Waals surface area (Å²) in [7, 11) is 0. The summed E-state index contributed by atoms with van der Waals surface area (Å²) < 4.78 is 6.81. The predicted octanol–water partition coefficient (Wildman–Crippen LogP) is 22.8. The van der Waals surface area contributed by atoms with Crippen molar-refractivity contribution in [3.63, 3.8) is 0 Å². The summed E-state index contributed by atoms with van der Waals surface area (Å²) in [6.45, 7) is 9.54. The van der Waals surface area contributed by atoms with E-state index in [1.54, 1.807) is 0 Å². The molecule has 0 radical (unpaired) electrons. The molecule has 0 N–H and O–H groups in total. The van der Waals surface area contributed by atoms with Gasteiger partial charge in [0.05, 0.1) is 22.2 Å². The minimum atomic E-state index is -0.524. The predicted molar refractivity (Wildman–Crippen MR) is 365 cm³/mol. The van der Waals surface area contributed by atoms with E-state index in [1.807, 2.05) is 0 Å². The molecule has 18 rings (SSSR count). The van der Waals surface area contributed by atoms with Gasteiger partial charge >= 0.3 is 0 Å². The second-order valence-electron chi connectivity index (χ2n) is 25.5. The quantitative estimate of drug-likeness (QED) is 0.151. The first-order chi connectivity index (χ1) is 43.2. The fourth-order valence-corrected chi connectivity index (χ4v) is 16.4. The number of rotatable bonds is 8. The Morgan fingerprint density at radius 3 is 1.30 bits per heavy atom. The van der Waals surface area contributed by atoms with Crippen LogP contribution in [0, 0.1) is 0 Å². The first kappa shape index (κ1) is 50.6. The molecule has 1 aromatic heterocycles. The van der Waals surface area contributed by atoms with Crippen LogP contribution in [0.2, 0.25) is 0 Å². The highest BCUT2D eigenvalue weighted by molar-refractivity contribution is 6.14. The Balaban J connectivity index is 0.965. The summed E-state index contributed by atoms with van der Waals surface area (Å²) >= 11 is 0. The third-order valence-electron chi connectivity index (χ3n) is 20.3. The van der Waals surface area contributed by atoms with Crippen molar-refractivity contribution in [1.82, 2.24) is 0 Å². The number of benzene rings is 13. The van der Waals surface area contributed by atoms with Crippen LogP contribution >= 0.6 is 0 Å². The lowest BCUT2D eigenvalue weighted by molar-refractivity contribution is 0.660. The zero-order valence-corrected chi connectivity index (χ0v) is 49.5. The highest BCUT2D eigenvalue weighted by Gasteiger charge is 2.52. The Morgan fingerprint density at radius 2 is 0.682 bits per heavy atom. The van der Waals surface area contributed by atoms with Crippen LogP contribution in [-0.4, -0.2) is 0 Å². The fraction of sp³-hybridized carbons (Fsp3) is 0.0824. The molecule has 0 saturated carbocycles. The second kappa shape index (κ2) is 18.6. The number of hydrogen-bond acceptors (Lipinski definition) is 3. The molecule has 88 heavy (non-hydrogen) atoms. The minimum absolute atomic E-state index is 0.241. The van der Waals surface area contributed by atoms with Gasteiger partial charge in [0, 0.05) is 44.5 Å². The zero-order valence-electron chi connectivity index (χ0n) is 49.5. The molecule has 4 aliphatic carbocycles. The van der Waals surface area contributed by atoms with E-state index in [4.69, 9.17) is 4.42 Å². The van der Waals surface area contributed by atoms with Crippen molar-refractivity contribution in [2.75, 3.05) is 9.80 Å². The minimum Gasteiger partial charge on any atom is -0.456 e. The van der Waals surface area contributed by atoms with Gasteiger partial charge in [-0.25, -0.2) is 0 Å². The Bertz CT molecular complexity index is 5210. The third kappa shape index (κ3) is 6.96. The summed E-state index contributed by atoms with van der Waals surface area (Å²) in [5, 5.41) is 2.14. The molecule has 13 aromatic carbocycles. The van der Waals surface area contributed by atoms with E-state index < -0.39 is 5.41 Å². The molecule has 0 bridgehead atoms. The normalized spacial score (nSPS) is 14.4. The average Bonchev–Trinajstić information content (AvgIpc) is 1.54. The number of furan rings is 1. The van der Waals surface area contributed by atoms with Crippen LogP contribution in [0.25, 0.3) is 88.7 Å². The van der Waals surface area contributed by atoms with Gasteiger partial charge in [0.25, 0.3) is 0 Å². The van der Waals surface area contributed by atoms with Crippen molar-refractivity contribution in [3.05, 3.63) is 336 Å². The maximum atomic E-state index is 6.81. The lowest BCUT2D eigenvalue weighted by Crippen LogP contribution is -2.25. The lowest BCUT2D eigenvalue weighted by Gasteiger charge is -2.33. The van der Waals surface area contributed by atoms with Crippen molar-refractivity contribution in [3.8, 4) is 66.8 Å². The van der Waals surface area contributed by atoms with Gasteiger partial charge in [-0.1, -0.05) is 252 Å². The van der Waals surface area contributed by atoms with Crippen LogP contribution in [0.3, 0.4) is 0 Å². The fourth-order valence-electron chi connectivity index (χ4n) is 16.4. The number of hydrogen-bond donors (Lipinski definition) is 0. The number of anilines is 6. The Hall–Kier alpha value is -10.7. The molecule has 3 heteroatoms. The largest absolute Gasteiger partial charge is 0.456 e. The molecule has 4 aliphatic rings. The average molecular weight is 1130 g/mol. The SMILES string of the molecule is CC1(C)c2ccccc2-c2ccc(N(c3cc(-c4cccc5c4-c4ccccc4C54c5ccccc5-c5ccccc54)cc(N(c4ccc5c(c4)C(C)(C)c4ccccc4-5)c4cccc5oc6ccccc6c45)c3)c3ccccc3-c3ccccc3)cc21. The van der Waals surface area contributed by atoms with Gasteiger partial charge in [0.15, 0.2) is 0 Å². The molecule has 14 aromatic rings. The monoisotopic (exact) mass is 1120 g/mol. The van der Waals surface area contributed by atoms with Crippen LogP contribution in [0.15, 0.2) is 296 Å². The molecule has 0 unspecified atom stereocenters. The smallest absolute Gasteiger partial charge is 0.137 e. The lowest BCUT2D eigenvalue weighted by atomic mass is 9.70. The second-order valence-corrected chi connectivity index (χ2v) is 25.5. The number of para-hydroxylation sites is 2. The van der Waals surface area contributed by atoms with E-state index in [-0.39, 0.29) is 10.8 Å². The Morgan fingerprint density at radius 1 is 0.261 bits per heavy atom. The van der Waals surface area contributed by atoms with Gasteiger partial charge in [-0.05, 0) is 172 Å². The van der Waals surface area contributed by atoms with E-state index in [2.05, 4.69) is 329 Å². The van der Waals surface area contributed by atoms with Crippen molar-refractivity contribution in [1.29, 1.82) is 0 Å². The number of fused-ring (bicyclic) bond motifs is 19. The van der Waals surface area contributed by atoms with Crippen LogP contribution in [0.5, 0.6) is 0 Å². The van der Waals surface area contributed by atoms with Crippen molar-refractivity contribution in [2.45, 2.75) is 43.9 Å². The van der Waals surface area contributed by atoms with Crippen LogP contribution < -0.4 is 9.80 Å². The van der Waals surface area contributed by atoms with Crippen molar-refractivity contribution >= 4 is 56.1 Å². The molecular weight excluding hydrogens is 1060 g/mol. The van der Waals surface area contributed by atoms with Gasteiger partial charge in [0.2, 0.25) is 0 Å². The molecule has 1 heterocycles. The summed E-state index contributed by atoms with van der Waals surface area (Å²) in [4.78, 5) is 5.08. The van der Waals surface area contributed by atoms with E-state index >= 15 is 0 Å². The van der Waals surface area contributed by atoms with Gasteiger partial charge < -0.3 is 14.2 Å². The summed E-state index contributed by atoms with van der Waals surface area (Å²) in [6, 6.07) is 109. The van der Waals surface area contributed by atoms with E-state index in [9.17, 15) is 0 Å². The third-order valence-corrected chi connectivity index (χ3v) is 20.3. The Kier molecular flexibility index (Phi) is 10.7. The van der Waals surface area contributed by atoms with E-state index in [0.717, 1.165) is 72.8 Å². The molecule has 3 nitrogen and oxygen atoms in total. The van der Waals surface area contributed by atoms with Gasteiger partial charge in [-0.2, -0.15) is 0 Å². The molecule has 1 spiro atoms. The molecule has 0 fully saturated rings. The van der Waals surface area contributed by atoms with E-state index in [1.165, 1.54) is 94.6 Å². The van der Waals surface area contributed by atoms with E-state index in [0.29, 0.717) is 0 Å². The highest BCUT2D eigenvalue weighted by atomic mass is 16.3. The zero-order chi connectivity index (χ0) is 58.6. The standard InChI is InChI=1S/C85H60N2O/c1-83(2)69-34-15-8-27-61(69)65-46-44-55(51-75(65)83)86(77-40-20-13-26-59(77)53-24-6-5-7-25-53)57-48-54(60-33-22-39-74-81(60)67-31-12-19-38-73(67)85(74)71-36-17-10-29-63(71)64-30-11-18-37-72(64)85)49-58(50-57)87(78-41-23-43-80-82(78)68-32-14-21-42-79(68)88-80)56-45-47-66-62-28-9-16-35-70(62)84(3,4)76(66)52-56/h5-52H,1-4H3. The first-order valence-electron chi connectivity index (χ1n) is 30.9. The van der Waals surface area contributed by atoms with Gasteiger partial charge in [-0.15, -0.1) is 0 Å². The van der Waals surface area contributed by atoms with Crippen LogP contribution in [0.4, 0.5) is 34.1 Å². The van der Waals surface area contributed by atoms with Crippen LogP contribution in [-0.2, 0) is 16.2 Å². The Labute approximate surface area is 513 Å². The molecule has 416 valence electrons.